The summed E-state index contributed by atoms with van der Waals surface area (Å²) < 4.78 is 10.7. The molecule has 0 saturated heterocycles. The van der Waals surface area contributed by atoms with Crippen LogP contribution in [0.25, 0.3) is 0 Å². The Morgan fingerprint density at radius 3 is 2.68 bits per heavy atom. The van der Waals surface area contributed by atoms with Gasteiger partial charge in [-0.2, -0.15) is 5.26 Å². The van der Waals surface area contributed by atoms with E-state index in [9.17, 15) is 0 Å². The van der Waals surface area contributed by atoms with Gasteiger partial charge in [0, 0.05) is 0 Å². The van der Waals surface area contributed by atoms with Crippen molar-refractivity contribution in [3.8, 4) is 23.6 Å². The van der Waals surface area contributed by atoms with Gasteiger partial charge < -0.3 is 9.47 Å². The van der Waals surface area contributed by atoms with Gasteiger partial charge in [-0.3, -0.25) is 0 Å². The molecular formula is C12H9ClN3O2P. The largest absolute Gasteiger partial charge is 0.480 e. The summed E-state index contributed by atoms with van der Waals surface area (Å²) in [5.41, 5.74) is 0.462. The summed E-state index contributed by atoms with van der Waals surface area (Å²) in [7, 11) is 3.96. The molecule has 0 spiro atoms. The third-order valence-electron chi connectivity index (χ3n) is 2.27. The zero-order valence-corrected chi connectivity index (χ0v) is 11.8. The molecule has 1 atom stereocenters. The van der Waals surface area contributed by atoms with Crippen LogP contribution < -0.4 is 14.8 Å². The van der Waals surface area contributed by atoms with Crippen molar-refractivity contribution in [1.82, 2.24) is 9.97 Å². The summed E-state index contributed by atoms with van der Waals surface area (Å²) in [6.45, 7) is 0. The van der Waals surface area contributed by atoms with Gasteiger partial charge in [0.1, 0.15) is 12.1 Å². The van der Waals surface area contributed by atoms with E-state index in [4.69, 9.17) is 26.3 Å². The van der Waals surface area contributed by atoms with E-state index in [-0.39, 0.29) is 0 Å². The van der Waals surface area contributed by atoms with Crippen molar-refractivity contribution in [1.29, 1.82) is 5.26 Å². The van der Waals surface area contributed by atoms with Gasteiger partial charge in [-0.1, -0.05) is 20.8 Å². The Labute approximate surface area is 117 Å². The highest BCUT2D eigenvalue weighted by Gasteiger charge is 2.11. The fraction of sp³-hybridized carbons (Fsp3) is 0.0833. The van der Waals surface area contributed by atoms with E-state index in [1.54, 1.807) is 12.1 Å². The molecule has 0 aliphatic heterocycles. The summed E-state index contributed by atoms with van der Waals surface area (Å²) in [6, 6.07) is 6.75. The maximum absolute atomic E-state index is 8.77. The average molecular weight is 294 g/mol. The second-order valence-electron chi connectivity index (χ2n) is 3.46. The third kappa shape index (κ3) is 2.93. The van der Waals surface area contributed by atoms with E-state index in [1.807, 2.05) is 6.07 Å². The molecule has 0 aliphatic rings. The molecule has 1 heterocycles. The van der Waals surface area contributed by atoms with Crippen molar-refractivity contribution in [2.75, 3.05) is 7.11 Å². The van der Waals surface area contributed by atoms with Crippen LogP contribution in [0.15, 0.2) is 24.5 Å². The normalized spacial score (nSPS) is 9.79. The zero-order chi connectivity index (χ0) is 13.8. The van der Waals surface area contributed by atoms with Crippen molar-refractivity contribution in [2.45, 2.75) is 0 Å². The molecule has 7 heteroatoms. The molecule has 0 amide bonds. The smallest absolute Gasteiger partial charge is 0.233 e. The second-order valence-corrected chi connectivity index (χ2v) is 4.45. The highest BCUT2D eigenvalue weighted by Crippen LogP contribution is 2.29. The molecule has 0 N–H and O–H groups in total. The van der Waals surface area contributed by atoms with E-state index in [2.05, 4.69) is 19.2 Å². The second kappa shape index (κ2) is 5.83. The Bertz CT molecular complexity index is 658. The average Bonchev–Trinajstić information content (AvgIpc) is 2.43. The molecular weight excluding hydrogens is 285 g/mol. The molecule has 5 nitrogen and oxygen atoms in total. The predicted molar refractivity (Wildman–Crippen MR) is 74.2 cm³/mol. The Morgan fingerprint density at radius 2 is 2.05 bits per heavy atom. The van der Waals surface area contributed by atoms with Gasteiger partial charge in [-0.15, -0.1) is 0 Å². The maximum atomic E-state index is 8.77. The highest BCUT2D eigenvalue weighted by molar-refractivity contribution is 7.28. The van der Waals surface area contributed by atoms with Crippen LogP contribution in [0.1, 0.15) is 5.56 Å². The number of nitriles is 1. The zero-order valence-electron chi connectivity index (χ0n) is 9.92. The van der Waals surface area contributed by atoms with Gasteiger partial charge in [0.2, 0.25) is 11.8 Å². The molecule has 0 saturated carbocycles. The fourth-order valence-electron chi connectivity index (χ4n) is 1.37. The molecule has 0 radical (unpaired) electrons. The fourth-order valence-corrected chi connectivity index (χ4v) is 1.91. The first-order valence-electron chi connectivity index (χ1n) is 5.17. The summed E-state index contributed by atoms with van der Waals surface area (Å²) in [5, 5.41) is 9.69. The van der Waals surface area contributed by atoms with E-state index in [0.29, 0.717) is 33.4 Å². The first kappa shape index (κ1) is 13.5. The van der Waals surface area contributed by atoms with Crippen LogP contribution in [-0.2, 0) is 0 Å². The van der Waals surface area contributed by atoms with E-state index < -0.39 is 0 Å². The van der Waals surface area contributed by atoms with E-state index >= 15 is 0 Å². The van der Waals surface area contributed by atoms with Crippen LogP contribution >= 0.6 is 20.8 Å². The number of nitrogens with zero attached hydrogens (tertiary/aromatic N) is 3. The van der Waals surface area contributed by atoms with Crippen LogP contribution in [0.5, 0.6) is 17.5 Å². The quantitative estimate of drug-likeness (QED) is 0.812. The minimum absolute atomic E-state index is 0.323. The predicted octanol–water partition coefficient (Wildman–Crippen LogP) is 2.30. The van der Waals surface area contributed by atoms with Crippen molar-refractivity contribution in [2.24, 2.45) is 0 Å². The van der Waals surface area contributed by atoms with Crippen LogP contribution in [0.4, 0.5) is 0 Å². The number of halogens is 1. The first-order chi connectivity index (χ1) is 9.15. The van der Waals surface area contributed by atoms with Crippen LogP contribution in [0.2, 0.25) is 5.02 Å². The number of hydrogen-bond acceptors (Lipinski definition) is 5. The molecule has 1 aromatic heterocycles. The van der Waals surface area contributed by atoms with Crippen molar-refractivity contribution in [3.63, 3.8) is 0 Å². The summed E-state index contributed by atoms with van der Waals surface area (Å²) in [6.07, 6.45) is 1.33. The SMILES string of the molecule is COc1ncnc(Oc2ccc(C#N)cc2Cl)c1P. The topological polar surface area (TPSA) is 68.0 Å². The van der Waals surface area contributed by atoms with Crippen LogP contribution in [-0.4, -0.2) is 17.1 Å². The molecule has 1 aromatic carbocycles. The lowest BCUT2D eigenvalue weighted by Crippen LogP contribution is -2.07. The van der Waals surface area contributed by atoms with Gasteiger partial charge in [0.25, 0.3) is 0 Å². The van der Waals surface area contributed by atoms with Gasteiger partial charge >= 0.3 is 0 Å². The van der Waals surface area contributed by atoms with Crippen molar-refractivity contribution >= 4 is 26.1 Å². The molecule has 2 rings (SSSR count). The standard InChI is InChI=1S/C12H9ClN3O2P/c1-17-11-10(19)12(16-6-15-11)18-9-3-2-7(5-14)4-8(9)13/h2-4,6H,19H2,1H3. The monoisotopic (exact) mass is 293 g/mol. The van der Waals surface area contributed by atoms with Crippen molar-refractivity contribution in [3.05, 3.63) is 35.1 Å². The minimum Gasteiger partial charge on any atom is -0.480 e. The van der Waals surface area contributed by atoms with E-state index in [0.717, 1.165) is 0 Å². The number of ether oxygens (including phenoxy) is 2. The van der Waals surface area contributed by atoms with Gasteiger partial charge in [0.05, 0.1) is 29.1 Å². The van der Waals surface area contributed by atoms with Gasteiger partial charge in [0.15, 0.2) is 0 Å². The lowest BCUT2D eigenvalue weighted by molar-refractivity contribution is 0.394. The Kier molecular flexibility index (Phi) is 4.16. The number of rotatable bonds is 3. The number of aromatic nitrogens is 2. The number of hydrogen-bond donors (Lipinski definition) is 0. The lowest BCUT2D eigenvalue weighted by atomic mass is 10.2. The number of methoxy groups -OCH3 is 1. The Hall–Kier alpha value is -1.89. The summed E-state index contributed by atoms with van der Waals surface area (Å²) in [5.74, 6) is 1.13. The van der Waals surface area contributed by atoms with E-state index in [1.165, 1.54) is 19.5 Å². The van der Waals surface area contributed by atoms with Crippen LogP contribution in [0, 0.1) is 11.3 Å². The molecule has 19 heavy (non-hydrogen) atoms. The van der Waals surface area contributed by atoms with Gasteiger partial charge in [-0.25, -0.2) is 9.97 Å². The van der Waals surface area contributed by atoms with Crippen LogP contribution in [0.3, 0.4) is 0 Å². The minimum atomic E-state index is 0.323. The highest BCUT2D eigenvalue weighted by atomic mass is 35.5. The molecule has 2 aromatic rings. The molecule has 1 unspecified atom stereocenters. The Morgan fingerprint density at radius 1 is 1.32 bits per heavy atom. The number of benzene rings is 1. The molecule has 0 bridgehead atoms. The molecule has 0 fully saturated rings. The lowest BCUT2D eigenvalue weighted by Gasteiger charge is -2.10. The first-order valence-corrected chi connectivity index (χ1v) is 6.13. The van der Waals surface area contributed by atoms with Crippen molar-refractivity contribution < 1.29 is 9.47 Å². The molecule has 96 valence electrons. The molecule has 0 aliphatic carbocycles. The van der Waals surface area contributed by atoms with Gasteiger partial charge in [-0.05, 0) is 18.2 Å². The summed E-state index contributed by atoms with van der Waals surface area (Å²) in [4.78, 5) is 7.95. The summed E-state index contributed by atoms with van der Waals surface area (Å²) >= 11 is 6.03. The Balaban J connectivity index is 2.34. The maximum Gasteiger partial charge on any atom is 0.233 e. The third-order valence-corrected chi connectivity index (χ3v) is 3.06.